The molecule has 2 unspecified atom stereocenters. The maximum atomic E-state index is 3.60. The van der Waals surface area contributed by atoms with Crippen molar-refractivity contribution in [2.24, 2.45) is 0 Å². The van der Waals surface area contributed by atoms with Crippen LogP contribution in [0.1, 0.15) is 36.4 Å². The Morgan fingerprint density at radius 2 is 2.00 bits per heavy atom. The predicted octanol–water partition coefficient (Wildman–Crippen LogP) is 2.49. The number of nitrogens with one attached hydrogen (secondary N) is 1. The Morgan fingerprint density at radius 3 is 2.82 bits per heavy atom. The number of aryl methyl sites for hydroxylation is 1. The van der Waals surface area contributed by atoms with E-state index in [0.29, 0.717) is 6.04 Å². The molecule has 2 aliphatic heterocycles. The molecular formula is C15H22N2. The largest absolute Gasteiger partial charge is 0.315 e. The van der Waals surface area contributed by atoms with Crippen LogP contribution in [0.3, 0.4) is 0 Å². The van der Waals surface area contributed by atoms with Gasteiger partial charge in [-0.2, -0.15) is 0 Å². The molecule has 2 heteroatoms. The molecule has 2 aliphatic rings. The lowest BCUT2D eigenvalue weighted by Gasteiger charge is -2.30. The fourth-order valence-corrected chi connectivity index (χ4v) is 3.30. The Hall–Kier alpha value is -0.860. The third kappa shape index (κ3) is 2.24. The summed E-state index contributed by atoms with van der Waals surface area (Å²) in [4.78, 5) is 2.73. The molecule has 2 saturated heterocycles. The Labute approximate surface area is 104 Å². The number of benzene rings is 1. The van der Waals surface area contributed by atoms with Crippen LogP contribution in [0.15, 0.2) is 24.3 Å². The SMILES string of the molecule is Cc1ccc(C2CNCCC3CCCN32)cc1. The molecule has 17 heavy (non-hydrogen) atoms. The summed E-state index contributed by atoms with van der Waals surface area (Å²) in [6.07, 6.45) is 4.10. The minimum absolute atomic E-state index is 0.589. The van der Waals surface area contributed by atoms with E-state index in [1.54, 1.807) is 0 Å². The fourth-order valence-electron chi connectivity index (χ4n) is 3.30. The molecule has 2 heterocycles. The third-order valence-corrected chi connectivity index (χ3v) is 4.28. The van der Waals surface area contributed by atoms with E-state index in [0.717, 1.165) is 12.6 Å². The van der Waals surface area contributed by atoms with Gasteiger partial charge in [0.15, 0.2) is 0 Å². The Morgan fingerprint density at radius 1 is 1.18 bits per heavy atom. The van der Waals surface area contributed by atoms with Crippen LogP contribution in [0.4, 0.5) is 0 Å². The first kappa shape index (κ1) is 11.2. The molecule has 0 amide bonds. The minimum atomic E-state index is 0.589. The van der Waals surface area contributed by atoms with Gasteiger partial charge in [0.05, 0.1) is 0 Å². The summed E-state index contributed by atoms with van der Waals surface area (Å²) in [5, 5.41) is 3.60. The Kier molecular flexibility index (Phi) is 3.17. The minimum Gasteiger partial charge on any atom is -0.315 e. The summed E-state index contributed by atoms with van der Waals surface area (Å²) in [6.45, 7) is 5.74. The van der Waals surface area contributed by atoms with Gasteiger partial charge >= 0.3 is 0 Å². The van der Waals surface area contributed by atoms with Crippen molar-refractivity contribution in [1.82, 2.24) is 10.2 Å². The molecule has 0 aliphatic carbocycles. The van der Waals surface area contributed by atoms with Crippen molar-refractivity contribution in [2.75, 3.05) is 19.6 Å². The van der Waals surface area contributed by atoms with Crippen molar-refractivity contribution in [2.45, 2.75) is 38.3 Å². The highest BCUT2D eigenvalue weighted by Gasteiger charge is 2.32. The summed E-state index contributed by atoms with van der Waals surface area (Å²) < 4.78 is 0. The molecule has 0 bridgehead atoms. The van der Waals surface area contributed by atoms with Crippen LogP contribution in [-0.4, -0.2) is 30.6 Å². The highest BCUT2D eigenvalue weighted by Crippen LogP contribution is 2.32. The molecular weight excluding hydrogens is 208 g/mol. The van der Waals surface area contributed by atoms with E-state index < -0.39 is 0 Å². The monoisotopic (exact) mass is 230 g/mol. The molecule has 1 N–H and O–H groups in total. The first-order chi connectivity index (χ1) is 8.34. The van der Waals surface area contributed by atoms with E-state index in [9.17, 15) is 0 Å². The lowest BCUT2D eigenvalue weighted by Crippen LogP contribution is -2.34. The average Bonchev–Trinajstić information content (AvgIpc) is 2.71. The van der Waals surface area contributed by atoms with Gasteiger partial charge in [-0.15, -0.1) is 0 Å². The van der Waals surface area contributed by atoms with Gasteiger partial charge in [-0.1, -0.05) is 29.8 Å². The molecule has 1 aromatic rings. The van der Waals surface area contributed by atoms with Crippen LogP contribution in [-0.2, 0) is 0 Å². The number of hydrogen-bond donors (Lipinski definition) is 1. The van der Waals surface area contributed by atoms with Crippen LogP contribution >= 0.6 is 0 Å². The van der Waals surface area contributed by atoms with Gasteiger partial charge in [-0.05, 0) is 44.8 Å². The van der Waals surface area contributed by atoms with Gasteiger partial charge in [-0.25, -0.2) is 0 Å². The Balaban J connectivity index is 1.86. The molecule has 2 atom stereocenters. The molecule has 0 aromatic heterocycles. The van der Waals surface area contributed by atoms with E-state index in [-0.39, 0.29) is 0 Å². The maximum Gasteiger partial charge on any atom is 0.0475 e. The van der Waals surface area contributed by atoms with Crippen molar-refractivity contribution < 1.29 is 0 Å². The van der Waals surface area contributed by atoms with Gasteiger partial charge < -0.3 is 5.32 Å². The number of nitrogens with zero attached hydrogens (tertiary/aromatic N) is 1. The zero-order chi connectivity index (χ0) is 11.7. The fraction of sp³-hybridized carbons (Fsp3) is 0.600. The van der Waals surface area contributed by atoms with Gasteiger partial charge in [0.25, 0.3) is 0 Å². The van der Waals surface area contributed by atoms with E-state index in [1.165, 1.54) is 43.5 Å². The third-order valence-electron chi connectivity index (χ3n) is 4.28. The van der Waals surface area contributed by atoms with Gasteiger partial charge in [-0.3, -0.25) is 4.90 Å². The summed E-state index contributed by atoms with van der Waals surface area (Å²) in [6, 6.07) is 10.5. The summed E-state index contributed by atoms with van der Waals surface area (Å²) in [5.74, 6) is 0. The second kappa shape index (κ2) is 4.79. The molecule has 2 fully saturated rings. The molecule has 0 saturated carbocycles. The van der Waals surface area contributed by atoms with Crippen molar-refractivity contribution in [3.05, 3.63) is 35.4 Å². The summed E-state index contributed by atoms with van der Waals surface area (Å²) >= 11 is 0. The van der Waals surface area contributed by atoms with Gasteiger partial charge in [0.1, 0.15) is 0 Å². The summed E-state index contributed by atoms with van der Waals surface area (Å²) in [7, 11) is 0. The number of fused-ring (bicyclic) bond motifs is 1. The normalized spacial score (nSPS) is 29.9. The van der Waals surface area contributed by atoms with Gasteiger partial charge in [0, 0.05) is 18.6 Å². The quantitative estimate of drug-likeness (QED) is 0.797. The average molecular weight is 230 g/mol. The first-order valence-electron chi connectivity index (χ1n) is 6.87. The molecule has 3 rings (SSSR count). The zero-order valence-electron chi connectivity index (χ0n) is 10.7. The second-order valence-electron chi connectivity index (χ2n) is 5.45. The standard InChI is InChI=1S/C15H22N2/c1-12-4-6-13(7-5-12)15-11-16-9-8-14-3-2-10-17(14)15/h4-7,14-16H,2-3,8-11H2,1H3. The Bertz CT molecular complexity index is 371. The van der Waals surface area contributed by atoms with E-state index in [4.69, 9.17) is 0 Å². The van der Waals surface area contributed by atoms with E-state index >= 15 is 0 Å². The second-order valence-corrected chi connectivity index (χ2v) is 5.45. The van der Waals surface area contributed by atoms with Crippen LogP contribution < -0.4 is 5.32 Å². The highest BCUT2D eigenvalue weighted by molar-refractivity contribution is 5.25. The summed E-state index contributed by atoms with van der Waals surface area (Å²) in [5.41, 5.74) is 2.84. The van der Waals surface area contributed by atoms with E-state index in [2.05, 4.69) is 41.4 Å². The number of rotatable bonds is 1. The number of hydrogen-bond acceptors (Lipinski definition) is 2. The van der Waals surface area contributed by atoms with Crippen LogP contribution in [0, 0.1) is 6.92 Å². The maximum absolute atomic E-state index is 3.60. The molecule has 0 radical (unpaired) electrons. The van der Waals surface area contributed by atoms with Crippen molar-refractivity contribution in [1.29, 1.82) is 0 Å². The van der Waals surface area contributed by atoms with Crippen LogP contribution in [0.2, 0.25) is 0 Å². The van der Waals surface area contributed by atoms with Gasteiger partial charge in [0.2, 0.25) is 0 Å². The topological polar surface area (TPSA) is 15.3 Å². The van der Waals surface area contributed by atoms with Crippen LogP contribution in [0.25, 0.3) is 0 Å². The molecule has 0 spiro atoms. The molecule has 92 valence electrons. The predicted molar refractivity (Wildman–Crippen MR) is 71.1 cm³/mol. The lowest BCUT2D eigenvalue weighted by atomic mass is 10.0. The van der Waals surface area contributed by atoms with Crippen molar-refractivity contribution in [3.63, 3.8) is 0 Å². The highest BCUT2D eigenvalue weighted by atomic mass is 15.2. The van der Waals surface area contributed by atoms with Crippen molar-refractivity contribution >= 4 is 0 Å². The van der Waals surface area contributed by atoms with Crippen LogP contribution in [0.5, 0.6) is 0 Å². The lowest BCUT2D eigenvalue weighted by molar-refractivity contribution is 0.192. The first-order valence-corrected chi connectivity index (χ1v) is 6.87. The molecule has 1 aromatic carbocycles. The molecule has 2 nitrogen and oxygen atoms in total. The van der Waals surface area contributed by atoms with E-state index in [1.807, 2.05) is 0 Å². The zero-order valence-corrected chi connectivity index (χ0v) is 10.7. The smallest absolute Gasteiger partial charge is 0.0475 e. The van der Waals surface area contributed by atoms with Crippen molar-refractivity contribution in [3.8, 4) is 0 Å².